The van der Waals surface area contributed by atoms with E-state index < -0.39 is 0 Å². The number of rotatable bonds is 6. The highest BCUT2D eigenvalue weighted by Crippen LogP contribution is 2.30. The first-order chi connectivity index (χ1) is 8.60. The quantitative estimate of drug-likeness (QED) is 0.757. The van der Waals surface area contributed by atoms with Crippen molar-refractivity contribution in [3.05, 3.63) is 23.8 Å². The van der Waals surface area contributed by atoms with Gasteiger partial charge in [0, 0.05) is 10.4 Å². The Morgan fingerprint density at radius 2 is 1.94 bits per heavy atom. The summed E-state index contributed by atoms with van der Waals surface area (Å²) in [6, 6.07) is 8.38. The predicted octanol–water partition coefficient (Wildman–Crippen LogP) is 4.66. The van der Waals surface area contributed by atoms with Crippen LogP contribution in [0.25, 0.3) is 0 Å². The molecule has 0 fully saturated rings. The van der Waals surface area contributed by atoms with Crippen molar-refractivity contribution in [1.82, 2.24) is 0 Å². The Balaban J connectivity index is 3.10. The van der Waals surface area contributed by atoms with Gasteiger partial charge in [-0.1, -0.05) is 26.8 Å². The molecule has 0 unspecified atom stereocenters. The zero-order chi connectivity index (χ0) is 13.6. The van der Waals surface area contributed by atoms with E-state index in [4.69, 9.17) is 0 Å². The zero-order valence-electron chi connectivity index (χ0n) is 11.7. The van der Waals surface area contributed by atoms with E-state index in [9.17, 15) is 5.26 Å². The van der Waals surface area contributed by atoms with Crippen LogP contribution in [-0.4, -0.2) is 11.3 Å². The van der Waals surface area contributed by atoms with E-state index >= 15 is 0 Å². The lowest BCUT2D eigenvalue weighted by atomic mass is 9.94. The molecule has 0 saturated carbocycles. The van der Waals surface area contributed by atoms with Crippen LogP contribution >= 0.6 is 11.8 Å². The first-order valence-electron chi connectivity index (χ1n) is 6.54. The summed E-state index contributed by atoms with van der Waals surface area (Å²) in [4.78, 5) is 1.07. The fraction of sp³-hybridized carbons (Fsp3) is 0.533. The summed E-state index contributed by atoms with van der Waals surface area (Å²) in [5, 5.41) is 12.9. The molecule has 18 heavy (non-hydrogen) atoms. The number of thioether (sulfide) groups is 1. The summed E-state index contributed by atoms with van der Waals surface area (Å²) in [7, 11) is 0. The Labute approximate surface area is 115 Å². The zero-order valence-corrected chi connectivity index (χ0v) is 12.5. The van der Waals surface area contributed by atoms with Crippen molar-refractivity contribution in [2.75, 3.05) is 11.1 Å². The summed E-state index contributed by atoms with van der Waals surface area (Å²) < 4.78 is 0. The van der Waals surface area contributed by atoms with Crippen molar-refractivity contribution < 1.29 is 0 Å². The highest BCUT2D eigenvalue weighted by molar-refractivity contribution is 7.99. The van der Waals surface area contributed by atoms with Crippen LogP contribution in [0.2, 0.25) is 0 Å². The summed E-state index contributed by atoms with van der Waals surface area (Å²) in [6.07, 6.45) is 2.08. The third-order valence-electron chi connectivity index (χ3n) is 3.43. The van der Waals surface area contributed by atoms with Crippen LogP contribution in [0.4, 0.5) is 5.69 Å². The second-order valence-corrected chi connectivity index (χ2v) is 5.92. The van der Waals surface area contributed by atoms with E-state index in [-0.39, 0.29) is 5.54 Å². The average Bonchev–Trinajstić information content (AvgIpc) is 2.39. The summed E-state index contributed by atoms with van der Waals surface area (Å²) >= 11 is 1.72. The number of anilines is 1. The lowest BCUT2D eigenvalue weighted by Crippen LogP contribution is -2.33. The van der Waals surface area contributed by atoms with Gasteiger partial charge in [-0.15, -0.1) is 11.8 Å². The van der Waals surface area contributed by atoms with E-state index in [1.54, 1.807) is 11.8 Å². The van der Waals surface area contributed by atoms with Gasteiger partial charge in [-0.25, -0.2) is 0 Å². The highest BCUT2D eigenvalue weighted by atomic mass is 32.2. The highest BCUT2D eigenvalue weighted by Gasteiger charge is 2.21. The van der Waals surface area contributed by atoms with Crippen LogP contribution in [0.15, 0.2) is 23.1 Å². The summed E-state index contributed by atoms with van der Waals surface area (Å²) in [5.74, 6) is 0.983. The minimum atomic E-state index is 0.0567. The molecule has 0 aliphatic heterocycles. The molecule has 0 aliphatic carbocycles. The van der Waals surface area contributed by atoms with Gasteiger partial charge < -0.3 is 5.32 Å². The number of nitrogens with zero attached hydrogens (tertiary/aromatic N) is 1. The third kappa shape index (κ3) is 3.43. The van der Waals surface area contributed by atoms with Gasteiger partial charge in [0.2, 0.25) is 0 Å². The van der Waals surface area contributed by atoms with Crippen molar-refractivity contribution >= 4 is 17.4 Å². The van der Waals surface area contributed by atoms with E-state index in [1.165, 1.54) is 0 Å². The van der Waals surface area contributed by atoms with Gasteiger partial charge in [-0.05, 0) is 37.7 Å². The molecule has 0 bridgehead atoms. The Hall–Kier alpha value is -1.14. The topological polar surface area (TPSA) is 35.8 Å². The molecule has 0 atom stereocenters. The van der Waals surface area contributed by atoms with Crippen molar-refractivity contribution in [2.45, 2.75) is 51.0 Å². The lowest BCUT2D eigenvalue weighted by molar-refractivity contribution is 0.478. The Morgan fingerprint density at radius 3 is 2.44 bits per heavy atom. The van der Waals surface area contributed by atoms with Gasteiger partial charge in [0.1, 0.15) is 6.07 Å². The Morgan fingerprint density at radius 1 is 1.28 bits per heavy atom. The first kappa shape index (κ1) is 14.9. The molecular weight excluding hydrogens is 240 g/mol. The molecule has 2 nitrogen and oxygen atoms in total. The van der Waals surface area contributed by atoms with Gasteiger partial charge in [0.25, 0.3) is 0 Å². The normalized spacial score (nSPS) is 11.1. The maximum Gasteiger partial charge on any atom is 0.102 e. The molecule has 0 aliphatic rings. The molecule has 1 rings (SSSR count). The van der Waals surface area contributed by atoms with Crippen LogP contribution < -0.4 is 5.32 Å². The molecule has 0 aromatic heterocycles. The Kier molecular flexibility index (Phi) is 5.55. The third-order valence-corrected chi connectivity index (χ3v) is 4.37. The molecule has 3 heteroatoms. The predicted molar refractivity (Wildman–Crippen MR) is 80.2 cm³/mol. The van der Waals surface area contributed by atoms with Crippen LogP contribution in [-0.2, 0) is 0 Å². The monoisotopic (exact) mass is 262 g/mol. The minimum absolute atomic E-state index is 0.0567. The molecule has 0 heterocycles. The fourth-order valence-corrected chi connectivity index (χ4v) is 2.56. The average molecular weight is 262 g/mol. The van der Waals surface area contributed by atoms with Crippen LogP contribution in [0, 0.1) is 11.3 Å². The van der Waals surface area contributed by atoms with E-state index in [0.29, 0.717) is 0 Å². The molecule has 0 saturated heterocycles. The summed E-state index contributed by atoms with van der Waals surface area (Å²) in [5.41, 5.74) is 1.79. The standard InChI is InChI=1S/C15H22N2S/c1-5-15(4,6-2)17-13-9-8-10-14(18-7-3)12(13)11-16/h8-10,17H,5-7H2,1-4H3. The number of hydrogen-bond acceptors (Lipinski definition) is 3. The van der Waals surface area contributed by atoms with Gasteiger partial charge >= 0.3 is 0 Å². The van der Waals surface area contributed by atoms with Crippen molar-refractivity contribution in [2.24, 2.45) is 0 Å². The van der Waals surface area contributed by atoms with Crippen molar-refractivity contribution in [3.63, 3.8) is 0 Å². The molecule has 1 N–H and O–H groups in total. The molecule has 0 amide bonds. The van der Waals surface area contributed by atoms with Gasteiger partial charge in [0.15, 0.2) is 0 Å². The maximum atomic E-state index is 9.36. The van der Waals surface area contributed by atoms with Crippen LogP contribution in [0.1, 0.15) is 46.1 Å². The van der Waals surface area contributed by atoms with Crippen LogP contribution in [0.5, 0.6) is 0 Å². The van der Waals surface area contributed by atoms with E-state index in [0.717, 1.165) is 34.7 Å². The second-order valence-electron chi connectivity index (χ2n) is 4.62. The van der Waals surface area contributed by atoms with Gasteiger partial charge in [-0.3, -0.25) is 0 Å². The number of benzene rings is 1. The molecule has 0 spiro atoms. The second kappa shape index (κ2) is 6.70. The lowest BCUT2D eigenvalue weighted by Gasteiger charge is -2.30. The van der Waals surface area contributed by atoms with Crippen LogP contribution in [0.3, 0.4) is 0 Å². The Bertz CT molecular complexity index is 431. The fourth-order valence-electron chi connectivity index (χ4n) is 1.78. The largest absolute Gasteiger partial charge is 0.379 e. The number of hydrogen-bond donors (Lipinski definition) is 1. The summed E-state index contributed by atoms with van der Waals surface area (Å²) in [6.45, 7) is 8.66. The van der Waals surface area contributed by atoms with E-state index in [1.807, 2.05) is 18.2 Å². The van der Waals surface area contributed by atoms with Crippen molar-refractivity contribution in [1.29, 1.82) is 5.26 Å². The number of nitrogens with one attached hydrogen (secondary N) is 1. The van der Waals surface area contributed by atoms with Gasteiger partial charge in [0.05, 0.1) is 11.3 Å². The molecule has 98 valence electrons. The first-order valence-corrected chi connectivity index (χ1v) is 7.52. The van der Waals surface area contributed by atoms with Crippen molar-refractivity contribution in [3.8, 4) is 6.07 Å². The smallest absolute Gasteiger partial charge is 0.102 e. The maximum absolute atomic E-state index is 9.36. The SMILES string of the molecule is CCSc1cccc(NC(C)(CC)CC)c1C#N. The minimum Gasteiger partial charge on any atom is -0.379 e. The number of nitriles is 1. The van der Waals surface area contributed by atoms with Gasteiger partial charge in [-0.2, -0.15) is 5.26 Å². The molecule has 1 aromatic carbocycles. The molecule has 0 radical (unpaired) electrons. The molecular formula is C15H22N2S. The van der Waals surface area contributed by atoms with E-state index in [2.05, 4.69) is 39.1 Å². The molecule has 1 aromatic rings.